The minimum absolute atomic E-state index is 0.00435. The maximum absolute atomic E-state index is 10.7. The molecular weight excluding hydrogens is 178 g/mol. The lowest BCUT2D eigenvalue weighted by Gasteiger charge is -1.95. The summed E-state index contributed by atoms with van der Waals surface area (Å²) in [5.74, 6) is -1.66. The lowest BCUT2D eigenvalue weighted by molar-refractivity contribution is -0.115. The first-order chi connectivity index (χ1) is 4.48. The Hall–Kier alpha value is -0.290. The number of alkyl halides is 1. The van der Waals surface area contributed by atoms with E-state index in [0.29, 0.717) is 0 Å². The number of nitrogens with two attached hydrogens (primary N) is 1. The summed E-state index contributed by atoms with van der Waals surface area (Å²) >= 11 is 5.14. The van der Waals surface area contributed by atoms with Crippen LogP contribution in [0.25, 0.3) is 0 Å². The van der Waals surface area contributed by atoms with Crippen LogP contribution < -0.4 is 5.73 Å². The van der Waals surface area contributed by atoms with Crippen LogP contribution in [-0.4, -0.2) is 31.7 Å². The molecule has 0 radical (unpaired) electrons. The van der Waals surface area contributed by atoms with Gasteiger partial charge < -0.3 is 5.73 Å². The molecule has 0 aliphatic rings. The summed E-state index contributed by atoms with van der Waals surface area (Å²) in [7, 11) is -3.34. The zero-order valence-corrected chi connectivity index (χ0v) is 6.78. The molecule has 0 rings (SSSR count). The standard InChI is InChI=1S/C4H8ClNO3S/c5-1-2-10(8,9)3-4(6)7/h1-3H2,(H2,6,7). The first-order valence-electron chi connectivity index (χ1n) is 2.52. The Bertz CT molecular complexity index is 211. The van der Waals surface area contributed by atoms with Crippen molar-refractivity contribution in [3.63, 3.8) is 0 Å². The first-order valence-corrected chi connectivity index (χ1v) is 4.88. The largest absolute Gasteiger partial charge is 0.369 e. The van der Waals surface area contributed by atoms with Crippen molar-refractivity contribution in [1.82, 2.24) is 0 Å². The van der Waals surface area contributed by atoms with Gasteiger partial charge in [-0.3, -0.25) is 4.79 Å². The molecule has 0 fully saturated rings. The minimum Gasteiger partial charge on any atom is -0.369 e. The number of amides is 1. The molecule has 10 heavy (non-hydrogen) atoms. The molecule has 0 saturated carbocycles. The molecule has 1 amide bonds. The molecule has 6 heteroatoms. The van der Waals surface area contributed by atoms with Gasteiger partial charge >= 0.3 is 0 Å². The second-order valence-corrected chi connectivity index (χ2v) is 4.31. The number of halogens is 1. The first kappa shape index (κ1) is 9.71. The van der Waals surface area contributed by atoms with Crippen LogP contribution in [0.3, 0.4) is 0 Å². The molecule has 0 unspecified atom stereocenters. The molecule has 0 aliphatic heterocycles. The summed E-state index contributed by atoms with van der Waals surface area (Å²) in [6.45, 7) is 0. The van der Waals surface area contributed by atoms with Crippen LogP contribution in [0.2, 0.25) is 0 Å². The second-order valence-electron chi connectivity index (χ2n) is 1.75. The molecule has 0 aromatic heterocycles. The van der Waals surface area contributed by atoms with Gasteiger partial charge in [0.1, 0.15) is 5.75 Å². The number of carbonyl (C=O) groups is 1. The fraction of sp³-hybridized carbons (Fsp3) is 0.750. The highest BCUT2D eigenvalue weighted by atomic mass is 35.5. The molecule has 0 spiro atoms. The van der Waals surface area contributed by atoms with E-state index in [0.717, 1.165) is 0 Å². The van der Waals surface area contributed by atoms with Crippen LogP contribution in [-0.2, 0) is 14.6 Å². The predicted octanol–water partition coefficient (Wildman–Crippen LogP) is -0.875. The van der Waals surface area contributed by atoms with Gasteiger partial charge in [0.15, 0.2) is 9.84 Å². The third-order valence-electron chi connectivity index (χ3n) is 0.750. The molecular formula is C4H8ClNO3S. The summed E-state index contributed by atoms with van der Waals surface area (Å²) < 4.78 is 21.3. The van der Waals surface area contributed by atoms with Crippen LogP contribution in [0.4, 0.5) is 0 Å². The van der Waals surface area contributed by atoms with Crippen molar-refractivity contribution >= 4 is 27.3 Å². The molecule has 0 aromatic carbocycles. The number of hydrogen-bond acceptors (Lipinski definition) is 3. The number of hydrogen-bond donors (Lipinski definition) is 1. The van der Waals surface area contributed by atoms with E-state index in [1.54, 1.807) is 0 Å². The van der Waals surface area contributed by atoms with Crippen LogP contribution in [0, 0.1) is 0 Å². The van der Waals surface area contributed by atoms with Gasteiger partial charge in [0.05, 0.1) is 5.75 Å². The monoisotopic (exact) mass is 185 g/mol. The maximum atomic E-state index is 10.7. The van der Waals surface area contributed by atoms with Gasteiger partial charge in [-0.2, -0.15) is 0 Å². The Balaban J connectivity index is 4.02. The zero-order chi connectivity index (χ0) is 8.20. The zero-order valence-electron chi connectivity index (χ0n) is 5.21. The van der Waals surface area contributed by atoms with Crippen molar-refractivity contribution in [3.05, 3.63) is 0 Å². The number of primary amides is 1. The Morgan fingerprint density at radius 1 is 1.50 bits per heavy atom. The molecule has 0 saturated heterocycles. The van der Waals surface area contributed by atoms with Crippen LogP contribution in [0.1, 0.15) is 0 Å². The number of sulfone groups is 1. The third kappa shape index (κ3) is 4.58. The Morgan fingerprint density at radius 2 is 2.00 bits per heavy atom. The van der Waals surface area contributed by atoms with Crippen LogP contribution >= 0.6 is 11.6 Å². The topological polar surface area (TPSA) is 77.2 Å². The van der Waals surface area contributed by atoms with E-state index in [9.17, 15) is 13.2 Å². The fourth-order valence-corrected chi connectivity index (χ4v) is 1.92. The van der Waals surface area contributed by atoms with Gasteiger partial charge in [0.25, 0.3) is 0 Å². The molecule has 60 valence electrons. The Morgan fingerprint density at radius 3 is 2.30 bits per heavy atom. The summed E-state index contributed by atoms with van der Waals surface area (Å²) in [6.07, 6.45) is 0. The normalized spacial score (nSPS) is 11.3. The second kappa shape index (κ2) is 3.78. The van der Waals surface area contributed by atoms with Gasteiger partial charge in [-0.05, 0) is 0 Å². The number of carbonyl (C=O) groups excluding carboxylic acids is 1. The predicted molar refractivity (Wildman–Crippen MR) is 38.6 cm³/mol. The highest BCUT2D eigenvalue weighted by Gasteiger charge is 2.12. The SMILES string of the molecule is NC(=O)CS(=O)(=O)CCCl. The molecule has 0 bridgehead atoms. The van der Waals surface area contributed by atoms with Crippen molar-refractivity contribution in [2.45, 2.75) is 0 Å². The van der Waals surface area contributed by atoms with E-state index < -0.39 is 21.5 Å². The van der Waals surface area contributed by atoms with Crippen molar-refractivity contribution < 1.29 is 13.2 Å². The minimum atomic E-state index is -3.34. The van der Waals surface area contributed by atoms with Crippen LogP contribution in [0.5, 0.6) is 0 Å². The van der Waals surface area contributed by atoms with Gasteiger partial charge in [-0.15, -0.1) is 11.6 Å². The molecule has 4 nitrogen and oxygen atoms in total. The van der Waals surface area contributed by atoms with Crippen molar-refractivity contribution in [1.29, 1.82) is 0 Å². The lowest BCUT2D eigenvalue weighted by Crippen LogP contribution is -2.25. The lowest BCUT2D eigenvalue weighted by atomic mass is 10.8. The van der Waals surface area contributed by atoms with Gasteiger partial charge in [0, 0.05) is 5.88 Å². The van der Waals surface area contributed by atoms with Crippen molar-refractivity contribution in [2.75, 3.05) is 17.4 Å². The molecule has 0 aromatic rings. The molecule has 2 N–H and O–H groups in total. The molecule has 0 atom stereocenters. The quantitative estimate of drug-likeness (QED) is 0.579. The van der Waals surface area contributed by atoms with E-state index >= 15 is 0 Å². The van der Waals surface area contributed by atoms with E-state index in [-0.39, 0.29) is 11.6 Å². The van der Waals surface area contributed by atoms with Crippen LogP contribution in [0.15, 0.2) is 0 Å². The summed E-state index contributed by atoms with van der Waals surface area (Å²) in [6, 6.07) is 0. The van der Waals surface area contributed by atoms with Crippen molar-refractivity contribution in [3.8, 4) is 0 Å². The van der Waals surface area contributed by atoms with E-state index in [1.165, 1.54) is 0 Å². The molecule has 0 aliphatic carbocycles. The van der Waals surface area contributed by atoms with Crippen molar-refractivity contribution in [2.24, 2.45) is 5.73 Å². The maximum Gasteiger partial charge on any atom is 0.232 e. The summed E-state index contributed by atoms with van der Waals surface area (Å²) in [5, 5.41) is 0. The third-order valence-corrected chi connectivity index (χ3v) is 2.71. The number of rotatable bonds is 4. The Labute approximate surface area is 64.3 Å². The average molecular weight is 186 g/mol. The van der Waals surface area contributed by atoms with E-state index in [2.05, 4.69) is 5.73 Å². The fourth-order valence-electron chi connectivity index (χ4n) is 0.406. The summed E-state index contributed by atoms with van der Waals surface area (Å²) in [5.41, 5.74) is 4.65. The van der Waals surface area contributed by atoms with Gasteiger partial charge in [0.2, 0.25) is 5.91 Å². The Kier molecular flexibility index (Phi) is 3.67. The summed E-state index contributed by atoms with van der Waals surface area (Å²) in [4.78, 5) is 10.1. The average Bonchev–Trinajstić information content (AvgIpc) is 1.59. The molecule has 0 heterocycles. The van der Waals surface area contributed by atoms with Gasteiger partial charge in [-0.1, -0.05) is 0 Å². The smallest absolute Gasteiger partial charge is 0.232 e. The van der Waals surface area contributed by atoms with Gasteiger partial charge in [-0.25, -0.2) is 8.42 Å². The highest BCUT2D eigenvalue weighted by molar-refractivity contribution is 7.92. The van der Waals surface area contributed by atoms with E-state index in [4.69, 9.17) is 11.6 Å². The highest BCUT2D eigenvalue weighted by Crippen LogP contribution is 1.90. The van der Waals surface area contributed by atoms with E-state index in [1.807, 2.05) is 0 Å².